The van der Waals surface area contributed by atoms with Gasteiger partial charge in [-0.05, 0) is 33.1 Å². The summed E-state index contributed by atoms with van der Waals surface area (Å²) in [6.45, 7) is 9.40. The smallest absolute Gasteiger partial charge is 0.326 e. The van der Waals surface area contributed by atoms with E-state index >= 15 is 0 Å². The fourth-order valence-electron chi connectivity index (χ4n) is 2.54. The number of carbonyl (C=O) groups is 2. The van der Waals surface area contributed by atoms with Crippen molar-refractivity contribution in [3.05, 3.63) is 17.0 Å². The monoisotopic (exact) mass is 295 g/mol. The first-order valence-corrected chi connectivity index (χ1v) is 7.18. The Morgan fingerprint density at radius 2 is 1.86 bits per heavy atom. The first-order chi connectivity index (χ1) is 9.65. The fraction of sp³-hybridized carbons (Fsp3) is 0.667. The normalized spacial score (nSPS) is 14.0. The van der Waals surface area contributed by atoms with Crippen molar-refractivity contribution in [3.8, 4) is 0 Å². The number of aliphatic carboxylic acids is 1. The van der Waals surface area contributed by atoms with Gasteiger partial charge >= 0.3 is 5.97 Å². The maximum Gasteiger partial charge on any atom is 0.326 e. The molecule has 0 saturated heterocycles. The molecule has 0 spiro atoms. The lowest BCUT2D eigenvalue weighted by molar-refractivity contribution is -0.142. The van der Waals surface area contributed by atoms with E-state index in [1.165, 1.54) is 0 Å². The Hall–Kier alpha value is -1.85. The summed E-state index contributed by atoms with van der Waals surface area (Å²) in [7, 11) is 1.83. The van der Waals surface area contributed by atoms with Gasteiger partial charge in [0.2, 0.25) is 5.91 Å². The van der Waals surface area contributed by atoms with Crippen LogP contribution < -0.4 is 5.32 Å². The number of hydrogen-bond acceptors (Lipinski definition) is 3. The third-order valence-corrected chi connectivity index (χ3v) is 3.71. The second kappa shape index (κ2) is 6.74. The van der Waals surface area contributed by atoms with E-state index in [0.717, 1.165) is 17.0 Å². The fourth-order valence-corrected chi connectivity index (χ4v) is 2.54. The molecule has 2 N–H and O–H groups in total. The number of nitrogens with zero attached hydrogens (tertiary/aromatic N) is 2. The first-order valence-electron chi connectivity index (χ1n) is 7.18. The maximum absolute atomic E-state index is 12.3. The minimum Gasteiger partial charge on any atom is -0.480 e. The third kappa shape index (κ3) is 4.06. The Labute approximate surface area is 125 Å². The van der Waals surface area contributed by atoms with E-state index in [1.807, 2.05) is 34.7 Å². The molecule has 0 radical (unpaired) electrons. The molecule has 0 aromatic carbocycles. The van der Waals surface area contributed by atoms with Gasteiger partial charge in [0, 0.05) is 18.3 Å². The number of hydrogen-bond donors (Lipinski definition) is 2. The predicted octanol–water partition coefficient (Wildman–Crippen LogP) is 1.76. The van der Waals surface area contributed by atoms with Gasteiger partial charge in [-0.15, -0.1) is 0 Å². The number of carbonyl (C=O) groups excluding carboxylic acids is 1. The molecule has 0 saturated carbocycles. The molecule has 21 heavy (non-hydrogen) atoms. The topological polar surface area (TPSA) is 84.2 Å². The van der Waals surface area contributed by atoms with Gasteiger partial charge in [0.15, 0.2) is 0 Å². The first kappa shape index (κ1) is 17.2. The number of nitrogens with one attached hydrogen (secondary N) is 1. The van der Waals surface area contributed by atoms with Crippen molar-refractivity contribution in [2.45, 2.75) is 53.0 Å². The van der Waals surface area contributed by atoms with Gasteiger partial charge < -0.3 is 10.4 Å². The summed E-state index contributed by atoms with van der Waals surface area (Å²) in [6.07, 6.45) is 0.415. The van der Waals surface area contributed by atoms with Gasteiger partial charge in [0.1, 0.15) is 6.04 Å². The van der Waals surface area contributed by atoms with Gasteiger partial charge in [0.05, 0.1) is 11.6 Å². The molecule has 1 amide bonds. The van der Waals surface area contributed by atoms with Crippen LogP contribution in [0.3, 0.4) is 0 Å². The highest BCUT2D eigenvalue weighted by molar-refractivity contribution is 5.88. The average Bonchev–Trinajstić information content (AvgIpc) is 2.60. The number of rotatable bonds is 6. The van der Waals surface area contributed by atoms with Crippen molar-refractivity contribution in [1.82, 2.24) is 15.1 Å². The van der Waals surface area contributed by atoms with Gasteiger partial charge in [-0.1, -0.05) is 13.8 Å². The van der Waals surface area contributed by atoms with Crippen molar-refractivity contribution < 1.29 is 14.7 Å². The van der Waals surface area contributed by atoms with Crippen LogP contribution in [0.15, 0.2) is 0 Å². The highest BCUT2D eigenvalue weighted by Crippen LogP contribution is 2.23. The quantitative estimate of drug-likeness (QED) is 0.837. The molecule has 1 aromatic rings. The SMILES string of the molecule is Cc1nn(C)c(C)c1C(C)C(=O)N[C@H](CC(C)C)C(=O)O. The van der Waals surface area contributed by atoms with Crippen LogP contribution in [0, 0.1) is 19.8 Å². The molecule has 1 aromatic heterocycles. The van der Waals surface area contributed by atoms with Gasteiger partial charge in [0.25, 0.3) is 0 Å². The Balaban J connectivity index is 2.89. The van der Waals surface area contributed by atoms with Crippen LogP contribution in [0.25, 0.3) is 0 Å². The maximum atomic E-state index is 12.3. The number of carboxylic acid groups (broad SMARTS) is 1. The molecule has 0 aliphatic rings. The standard InChI is InChI=1S/C15H25N3O3/c1-8(2)7-12(15(20)21)16-14(19)9(3)13-10(4)17-18(6)11(13)5/h8-9,12H,7H2,1-6H3,(H,16,19)(H,20,21)/t9?,12-/m1/s1. The lowest BCUT2D eigenvalue weighted by Crippen LogP contribution is -2.43. The minimum atomic E-state index is -0.996. The summed E-state index contributed by atoms with van der Waals surface area (Å²) in [5, 5.41) is 16.1. The summed E-state index contributed by atoms with van der Waals surface area (Å²) in [6, 6.07) is -0.850. The average molecular weight is 295 g/mol. The van der Waals surface area contributed by atoms with Crippen LogP contribution in [-0.2, 0) is 16.6 Å². The molecule has 6 heteroatoms. The molecule has 0 aliphatic heterocycles. The number of amides is 1. The van der Waals surface area contributed by atoms with Crippen molar-refractivity contribution in [3.63, 3.8) is 0 Å². The van der Waals surface area contributed by atoms with E-state index in [0.29, 0.717) is 6.42 Å². The lowest BCUT2D eigenvalue weighted by atomic mass is 9.97. The Morgan fingerprint density at radius 1 is 1.29 bits per heavy atom. The molecule has 2 atom stereocenters. The second-order valence-corrected chi connectivity index (χ2v) is 5.96. The molecule has 1 unspecified atom stereocenters. The van der Waals surface area contributed by atoms with Crippen molar-refractivity contribution in [2.24, 2.45) is 13.0 Å². The third-order valence-electron chi connectivity index (χ3n) is 3.71. The van der Waals surface area contributed by atoms with Crippen LogP contribution >= 0.6 is 0 Å². The highest BCUT2D eigenvalue weighted by Gasteiger charge is 2.27. The zero-order valence-corrected chi connectivity index (χ0v) is 13.6. The van der Waals surface area contributed by atoms with E-state index < -0.39 is 17.9 Å². The molecule has 118 valence electrons. The molecular weight excluding hydrogens is 270 g/mol. The zero-order valence-electron chi connectivity index (χ0n) is 13.6. The zero-order chi connectivity index (χ0) is 16.3. The van der Waals surface area contributed by atoms with Crippen LogP contribution in [0.5, 0.6) is 0 Å². The molecule has 6 nitrogen and oxygen atoms in total. The van der Waals surface area contributed by atoms with Crippen LogP contribution in [0.1, 0.15) is 50.1 Å². The van der Waals surface area contributed by atoms with Gasteiger partial charge in [-0.25, -0.2) is 4.79 Å². The number of aryl methyl sites for hydroxylation is 2. The van der Waals surface area contributed by atoms with E-state index in [4.69, 9.17) is 0 Å². The van der Waals surface area contributed by atoms with Crippen molar-refractivity contribution in [2.75, 3.05) is 0 Å². The highest BCUT2D eigenvalue weighted by atomic mass is 16.4. The van der Waals surface area contributed by atoms with Crippen LogP contribution in [0.4, 0.5) is 0 Å². The lowest BCUT2D eigenvalue weighted by Gasteiger charge is -2.19. The van der Waals surface area contributed by atoms with E-state index in [9.17, 15) is 14.7 Å². The molecule has 0 aliphatic carbocycles. The summed E-state index contributed by atoms with van der Waals surface area (Å²) >= 11 is 0. The molecule has 1 rings (SSSR count). The van der Waals surface area contributed by atoms with E-state index in [2.05, 4.69) is 10.4 Å². The Bertz CT molecular complexity index is 535. The summed E-state index contributed by atoms with van der Waals surface area (Å²) in [4.78, 5) is 23.6. The molecular formula is C15H25N3O3. The minimum absolute atomic E-state index is 0.198. The van der Waals surface area contributed by atoms with E-state index in [-0.39, 0.29) is 11.8 Å². The van der Waals surface area contributed by atoms with Crippen molar-refractivity contribution in [1.29, 1.82) is 0 Å². The van der Waals surface area contributed by atoms with Gasteiger partial charge in [-0.2, -0.15) is 5.10 Å². The predicted molar refractivity (Wildman–Crippen MR) is 80.1 cm³/mol. The van der Waals surface area contributed by atoms with Crippen LogP contribution in [0.2, 0.25) is 0 Å². The van der Waals surface area contributed by atoms with Crippen LogP contribution in [-0.4, -0.2) is 32.8 Å². The second-order valence-electron chi connectivity index (χ2n) is 5.96. The summed E-state index contributed by atoms with van der Waals surface area (Å²) in [5.41, 5.74) is 2.59. The van der Waals surface area contributed by atoms with Gasteiger partial charge in [-0.3, -0.25) is 9.48 Å². The largest absolute Gasteiger partial charge is 0.480 e. The summed E-state index contributed by atoms with van der Waals surface area (Å²) < 4.78 is 1.73. The van der Waals surface area contributed by atoms with E-state index in [1.54, 1.807) is 11.6 Å². The molecule has 0 bridgehead atoms. The number of carboxylic acids is 1. The van der Waals surface area contributed by atoms with Crippen molar-refractivity contribution >= 4 is 11.9 Å². The molecule has 0 fully saturated rings. The summed E-state index contributed by atoms with van der Waals surface area (Å²) in [5.74, 6) is -1.50. The number of aromatic nitrogens is 2. The Kier molecular flexibility index (Phi) is 5.52. The molecule has 1 heterocycles. The Morgan fingerprint density at radius 3 is 2.24 bits per heavy atom.